The highest BCUT2D eigenvalue weighted by molar-refractivity contribution is 9.10. The van der Waals surface area contributed by atoms with Crippen LogP contribution in [0.25, 0.3) is 0 Å². The molecule has 0 fully saturated rings. The molecule has 0 aliphatic heterocycles. The van der Waals surface area contributed by atoms with E-state index in [1.165, 1.54) is 11.8 Å². The number of methoxy groups -OCH3 is 1. The highest BCUT2D eigenvalue weighted by atomic mass is 79.9. The molecule has 0 aromatic carbocycles. The van der Waals surface area contributed by atoms with E-state index in [9.17, 15) is 4.79 Å². The largest absolute Gasteiger partial charge is 0.464 e. The van der Waals surface area contributed by atoms with Crippen molar-refractivity contribution in [3.63, 3.8) is 0 Å². The molecule has 2 rings (SSSR count). The second-order valence-electron chi connectivity index (χ2n) is 3.57. The Morgan fingerprint density at radius 3 is 2.39 bits per heavy atom. The molecule has 2 aromatic heterocycles. The minimum atomic E-state index is -0.361. The van der Waals surface area contributed by atoms with Crippen LogP contribution in [-0.2, 0) is 18.8 Å². The fourth-order valence-corrected chi connectivity index (χ4v) is 1.63. The molecule has 0 atom stereocenters. The maximum atomic E-state index is 10.8. The van der Waals surface area contributed by atoms with Gasteiger partial charge in [0, 0.05) is 26.5 Å². The second kappa shape index (κ2) is 6.34. The Kier molecular flexibility index (Phi) is 5.08. The summed E-state index contributed by atoms with van der Waals surface area (Å²) >= 11 is 3.33. The van der Waals surface area contributed by atoms with Crippen molar-refractivity contribution in [2.45, 2.75) is 6.92 Å². The van der Waals surface area contributed by atoms with Crippen molar-refractivity contribution in [3.8, 4) is 0 Å². The third kappa shape index (κ3) is 3.69. The van der Waals surface area contributed by atoms with Crippen LogP contribution in [0.2, 0.25) is 0 Å². The smallest absolute Gasteiger partial charge is 0.356 e. The summed E-state index contributed by atoms with van der Waals surface area (Å²) in [5.41, 5.74) is 1.50. The number of hydrogen-bond acceptors (Lipinski definition) is 4. The summed E-state index contributed by atoms with van der Waals surface area (Å²) < 4.78 is 8.79. The first kappa shape index (κ1) is 14.4. The molecule has 0 spiro atoms. The Hall–Kier alpha value is -1.63. The Bertz CT molecular complexity index is 513. The lowest BCUT2D eigenvalue weighted by Gasteiger charge is -1.96. The molecule has 0 aliphatic rings. The quantitative estimate of drug-likeness (QED) is 0.752. The molecule has 0 N–H and O–H groups in total. The van der Waals surface area contributed by atoms with Gasteiger partial charge in [-0.1, -0.05) is 0 Å². The van der Waals surface area contributed by atoms with E-state index in [0.29, 0.717) is 5.69 Å². The zero-order valence-electron chi connectivity index (χ0n) is 10.7. The number of esters is 1. The molecule has 0 amide bonds. The van der Waals surface area contributed by atoms with Crippen LogP contribution in [0.4, 0.5) is 0 Å². The number of nitrogens with zero attached hydrogens (tertiary/aromatic N) is 4. The minimum Gasteiger partial charge on any atom is -0.464 e. The summed E-state index contributed by atoms with van der Waals surface area (Å²) in [6.45, 7) is 1.96. The summed E-state index contributed by atoms with van der Waals surface area (Å²) in [4.78, 5) is 10.8. The van der Waals surface area contributed by atoms with Gasteiger partial charge in [-0.15, -0.1) is 0 Å². The predicted octanol–water partition coefficient (Wildman–Crippen LogP) is 1.70. The van der Waals surface area contributed by atoms with Gasteiger partial charge in [0.1, 0.15) is 5.69 Å². The highest BCUT2D eigenvalue weighted by Crippen LogP contribution is 2.11. The van der Waals surface area contributed by atoms with Gasteiger partial charge in [-0.2, -0.15) is 10.2 Å². The van der Waals surface area contributed by atoms with Crippen molar-refractivity contribution in [2.75, 3.05) is 7.11 Å². The summed E-state index contributed by atoms with van der Waals surface area (Å²) in [6.07, 6.45) is 3.47. The fourth-order valence-electron chi connectivity index (χ4n) is 1.25. The maximum absolute atomic E-state index is 10.8. The summed E-state index contributed by atoms with van der Waals surface area (Å²) in [6, 6.07) is 1.60. The Balaban J connectivity index is 0.000000184. The number of rotatable bonds is 1. The van der Waals surface area contributed by atoms with Crippen molar-refractivity contribution in [2.24, 2.45) is 14.1 Å². The molecule has 0 radical (unpaired) electrons. The molecule has 7 heteroatoms. The molecule has 18 heavy (non-hydrogen) atoms. The van der Waals surface area contributed by atoms with E-state index >= 15 is 0 Å². The van der Waals surface area contributed by atoms with Crippen molar-refractivity contribution in [1.29, 1.82) is 0 Å². The number of ether oxygens (including phenoxy) is 1. The minimum absolute atomic E-state index is 0.361. The molecule has 0 aliphatic carbocycles. The van der Waals surface area contributed by atoms with E-state index in [1.807, 2.05) is 20.2 Å². The normalized spacial score (nSPS) is 9.61. The van der Waals surface area contributed by atoms with Crippen LogP contribution in [0.1, 0.15) is 16.2 Å². The molecule has 98 valence electrons. The Labute approximate surface area is 114 Å². The van der Waals surface area contributed by atoms with Crippen LogP contribution in [0, 0.1) is 6.92 Å². The van der Waals surface area contributed by atoms with Crippen molar-refractivity contribution >= 4 is 21.9 Å². The van der Waals surface area contributed by atoms with Crippen LogP contribution in [0.5, 0.6) is 0 Å². The van der Waals surface area contributed by atoms with Gasteiger partial charge >= 0.3 is 5.97 Å². The van der Waals surface area contributed by atoms with Gasteiger partial charge in [0.05, 0.1) is 17.3 Å². The van der Waals surface area contributed by atoms with Crippen LogP contribution in [-0.4, -0.2) is 32.6 Å². The maximum Gasteiger partial charge on any atom is 0.356 e. The molecule has 2 heterocycles. The topological polar surface area (TPSA) is 61.9 Å². The Morgan fingerprint density at radius 2 is 2.11 bits per heavy atom. The van der Waals surface area contributed by atoms with E-state index < -0.39 is 0 Å². The first-order valence-electron chi connectivity index (χ1n) is 5.17. The van der Waals surface area contributed by atoms with E-state index in [0.717, 1.165) is 10.2 Å². The first-order chi connectivity index (χ1) is 8.45. The van der Waals surface area contributed by atoms with Crippen LogP contribution >= 0.6 is 15.9 Å². The second-order valence-corrected chi connectivity index (χ2v) is 4.42. The number of carbonyl (C=O) groups is 1. The van der Waals surface area contributed by atoms with Gasteiger partial charge < -0.3 is 4.74 Å². The number of halogens is 1. The van der Waals surface area contributed by atoms with Gasteiger partial charge in [0.25, 0.3) is 0 Å². The standard InChI is InChI=1S/C6H8N2O2.C5H7BrN2/c1-8-5(3-4-7-8)6(9)10-2;1-4-5(6)3-8(2)7-4/h3-4H,1-2H3;3H,1-2H3. The lowest BCUT2D eigenvalue weighted by molar-refractivity contribution is 0.0588. The molecule has 0 saturated carbocycles. The summed E-state index contributed by atoms with van der Waals surface area (Å²) in [5, 5.41) is 7.88. The number of carbonyl (C=O) groups excluding carboxylic acids is 1. The molecule has 0 bridgehead atoms. The van der Waals surface area contributed by atoms with Gasteiger partial charge in [0.2, 0.25) is 0 Å². The van der Waals surface area contributed by atoms with E-state index in [4.69, 9.17) is 0 Å². The third-order valence-corrected chi connectivity index (χ3v) is 2.95. The zero-order valence-corrected chi connectivity index (χ0v) is 12.3. The zero-order chi connectivity index (χ0) is 13.7. The lowest BCUT2D eigenvalue weighted by atomic mass is 10.4. The monoisotopic (exact) mass is 314 g/mol. The fraction of sp³-hybridized carbons (Fsp3) is 0.364. The van der Waals surface area contributed by atoms with E-state index in [-0.39, 0.29) is 5.97 Å². The number of aryl methyl sites for hydroxylation is 3. The third-order valence-electron chi connectivity index (χ3n) is 2.17. The Morgan fingerprint density at radius 1 is 1.44 bits per heavy atom. The average Bonchev–Trinajstić information content (AvgIpc) is 2.86. The van der Waals surface area contributed by atoms with Crippen LogP contribution in [0.3, 0.4) is 0 Å². The molecule has 2 aromatic rings. The number of hydrogen-bond donors (Lipinski definition) is 0. The molecule has 0 unspecified atom stereocenters. The first-order valence-corrected chi connectivity index (χ1v) is 5.97. The summed E-state index contributed by atoms with van der Waals surface area (Å²) in [5.74, 6) is -0.361. The molecule has 6 nitrogen and oxygen atoms in total. The van der Waals surface area contributed by atoms with Gasteiger partial charge in [-0.3, -0.25) is 9.36 Å². The molecule has 0 saturated heterocycles. The van der Waals surface area contributed by atoms with E-state index in [1.54, 1.807) is 24.0 Å². The molecular formula is C11H15BrN4O2. The van der Waals surface area contributed by atoms with Crippen molar-refractivity contribution in [3.05, 3.63) is 34.3 Å². The SMILES string of the molecule is COC(=O)c1ccnn1C.Cc1nn(C)cc1Br. The van der Waals surface area contributed by atoms with Gasteiger partial charge in [0.15, 0.2) is 0 Å². The van der Waals surface area contributed by atoms with Crippen molar-refractivity contribution in [1.82, 2.24) is 19.6 Å². The van der Waals surface area contributed by atoms with Gasteiger partial charge in [-0.25, -0.2) is 4.79 Å². The van der Waals surface area contributed by atoms with E-state index in [2.05, 4.69) is 30.9 Å². The van der Waals surface area contributed by atoms with Crippen LogP contribution < -0.4 is 0 Å². The predicted molar refractivity (Wildman–Crippen MR) is 70.2 cm³/mol. The highest BCUT2D eigenvalue weighted by Gasteiger charge is 2.07. The lowest BCUT2D eigenvalue weighted by Crippen LogP contribution is -2.07. The average molecular weight is 315 g/mol. The van der Waals surface area contributed by atoms with Crippen molar-refractivity contribution < 1.29 is 9.53 Å². The van der Waals surface area contributed by atoms with Gasteiger partial charge in [-0.05, 0) is 28.9 Å². The molecular weight excluding hydrogens is 300 g/mol. The summed E-state index contributed by atoms with van der Waals surface area (Å²) in [7, 11) is 4.93. The number of aromatic nitrogens is 4. The van der Waals surface area contributed by atoms with Crippen LogP contribution in [0.15, 0.2) is 22.9 Å².